The molecule has 0 spiro atoms. The van der Waals surface area contributed by atoms with Crippen LogP contribution in [0.2, 0.25) is 0 Å². The van der Waals surface area contributed by atoms with Gasteiger partial charge in [0.2, 0.25) is 10.0 Å². The van der Waals surface area contributed by atoms with Crippen molar-refractivity contribution in [1.82, 2.24) is 0 Å². The zero-order chi connectivity index (χ0) is 14.8. The predicted molar refractivity (Wildman–Crippen MR) is 74.5 cm³/mol. The first-order valence-electron chi connectivity index (χ1n) is 5.71. The van der Waals surface area contributed by atoms with E-state index in [1.807, 2.05) is 0 Å². The Morgan fingerprint density at radius 1 is 1.00 bits per heavy atom. The van der Waals surface area contributed by atoms with E-state index in [0.717, 1.165) is 0 Å². The lowest BCUT2D eigenvalue weighted by molar-refractivity contribution is -0.385. The van der Waals surface area contributed by atoms with Gasteiger partial charge in [0.25, 0.3) is 5.69 Å². The maximum atomic E-state index is 11.9. The summed E-state index contributed by atoms with van der Waals surface area (Å²) in [5, 5.41) is 15.1. The number of nitrogens with zero attached hydrogens (tertiary/aromatic N) is 1. The van der Waals surface area contributed by atoms with Crippen molar-refractivity contribution in [2.24, 2.45) is 5.14 Å². The van der Waals surface area contributed by atoms with E-state index in [1.54, 1.807) is 36.4 Å². The Bertz CT molecular complexity index is 729. The van der Waals surface area contributed by atoms with Gasteiger partial charge in [0.05, 0.1) is 10.5 Å². The second-order valence-electron chi connectivity index (χ2n) is 4.20. The van der Waals surface area contributed by atoms with Gasteiger partial charge in [-0.1, -0.05) is 48.5 Å². The number of primary sulfonamides is 1. The standard InChI is InChI=1S/C13H12N2O4S/c14-20(18,19)13(10-6-2-1-3-7-10)11-8-4-5-9-12(11)15(16)17/h1-9,13H,(H2,14,18,19). The van der Waals surface area contributed by atoms with Crippen LogP contribution in [0.5, 0.6) is 0 Å². The Morgan fingerprint density at radius 2 is 1.55 bits per heavy atom. The number of sulfonamides is 1. The predicted octanol–water partition coefficient (Wildman–Crippen LogP) is 1.97. The van der Waals surface area contributed by atoms with Gasteiger partial charge in [0.1, 0.15) is 5.25 Å². The van der Waals surface area contributed by atoms with Crippen molar-refractivity contribution in [1.29, 1.82) is 0 Å². The lowest BCUT2D eigenvalue weighted by Crippen LogP contribution is -2.23. The minimum atomic E-state index is -4.03. The molecule has 0 radical (unpaired) electrons. The molecule has 1 unspecified atom stereocenters. The molecule has 20 heavy (non-hydrogen) atoms. The summed E-state index contributed by atoms with van der Waals surface area (Å²) in [5.74, 6) is 0. The zero-order valence-corrected chi connectivity index (χ0v) is 11.2. The van der Waals surface area contributed by atoms with E-state index >= 15 is 0 Å². The molecule has 0 saturated carbocycles. The van der Waals surface area contributed by atoms with Crippen LogP contribution in [0.25, 0.3) is 0 Å². The van der Waals surface area contributed by atoms with Crippen molar-refractivity contribution < 1.29 is 13.3 Å². The summed E-state index contributed by atoms with van der Waals surface area (Å²) in [7, 11) is -4.03. The van der Waals surface area contributed by atoms with Crippen molar-refractivity contribution in [2.45, 2.75) is 5.25 Å². The third-order valence-electron chi connectivity index (χ3n) is 2.85. The molecular weight excluding hydrogens is 280 g/mol. The number of rotatable bonds is 4. The molecule has 6 nitrogen and oxygen atoms in total. The van der Waals surface area contributed by atoms with Crippen molar-refractivity contribution in [3.8, 4) is 0 Å². The highest BCUT2D eigenvalue weighted by molar-refractivity contribution is 7.89. The Balaban J connectivity index is 2.69. The minimum Gasteiger partial charge on any atom is -0.258 e. The highest BCUT2D eigenvalue weighted by atomic mass is 32.2. The first-order chi connectivity index (χ1) is 9.41. The molecule has 0 aliphatic carbocycles. The zero-order valence-electron chi connectivity index (χ0n) is 10.3. The van der Waals surface area contributed by atoms with E-state index < -0.39 is 20.2 Å². The van der Waals surface area contributed by atoms with Crippen LogP contribution in [0.4, 0.5) is 5.69 Å². The van der Waals surface area contributed by atoms with Crippen molar-refractivity contribution in [3.63, 3.8) is 0 Å². The fourth-order valence-corrected chi connectivity index (χ4v) is 3.14. The number of hydrogen-bond donors (Lipinski definition) is 1. The fourth-order valence-electron chi connectivity index (χ4n) is 2.05. The Hall–Kier alpha value is -2.25. The van der Waals surface area contributed by atoms with Gasteiger partial charge < -0.3 is 0 Å². The van der Waals surface area contributed by atoms with Gasteiger partial charge in [-0.3, -0.25) is 10.1 Å². The van der Waals surface area contributed by atoms with E-state index in [9.17, 15) is 18.5 Å². The number of nitrogens with two attached hydrogens (primary N) is 1. The molecule has 2 aromatic carbocycles. The van der Waals surface area contributed by atoms with Crippen LogP contribution in [0, 0.1) is 10.1 Å². The Kier molecular flexibility index (Phi) is 3.82. The molecule has 0 aliphatic rings. The van der Waals surface area contributed by atoms with Gasteiger partial charge in [0.15, 0.2) is 0 Å². The largest absolute Gasteiger partial charge is 0.274 e. The van der Waals surface area contributed by atoms with E-state index in [-0.39, 0.29) is 11.3 Å². The van der Waals surface area contributed by atoms with Crippen LogP contribution < -0.4 is 5.14 Å². The number of benzene rings is 2. The topological polar surface area (TPSA) is 103 Å². The normalized spacial score (nSPS) is 12.8. The fraction of sp³-hybridized carbons (Fsp3) is 0.0769. The van der Waals surface area contributed by atoms with Crippen LogP contribution in [0.1, 0.15) is 16.4 Å². The van der Waals surface area contributed by atoms with Gasteiger partial charge in [-0.05, 0) is 5.56 Å². The molecule has 2 rings (SSSR count). The molecule has 2 aromatic rings. The first kappa shape index (κ1) is 14.2. The smallest absolute Gasteiger partial charge is 0.258 e. The molecule has 104 valence electrons. The number of nitro benzene ring substituents is 1. The molecule has 0 fully saturated rings. The summed E-state index contributed by atoms with van der Waals surface area (Å²) in [4.78, 5) is 10.4. The lowest BCUT2D eigenvalue weighted by atomic mass is 10.0. The van der Waals surface area contributed by atoms with Crippen LogP contribution in [0.15, 0.2) is 54.6 Å². The monoisotopic (exact) mass is 292 g/mol. The van der Waals surface area contributed by atoms with Gasteiger partial charge >= 0.3 is 0 Å². The van der Waals surface area contributed by atoms with Crippen LogP contribution >= 0.6 is 0 Å². The Labute approximate surface area is 116 Å². The average Bonchev–Trinajstić information content (AvgIpc) is 2.39. The maximum absolute atomic E-state index is 11.9. The first-order valence-corrected chi connectivity index (χ1v) is 7.32. The molecule has 0 aromatic heterocycles. The molecule has 0 amide bonds. The van der Waals surface area contributed by atoms with Crippen LogP contribution in [-0.2, 0) is 10.0 Å². The van der Waals surface area contributed by atoms with E-state index in [0.29, 0.717) is 5.56 Å². The van der Waals surface area contributed by atoms with Gasteiger partial charge in [-0.15, -0.1) is 0 Å². The third-order valence-corrected chi connectivity index (χ3v) is 4.03. The summed E-state index contributed by atoms with van der Waals surface area (Å²) < 4.78 is 23.7. The summed E-state index contributed by atoms with van der Waals surface area (Å²) in [6.07, 6.45) is 0. The summed E-state index contributed by atoms with van der Waals surface area (Å²) >= 11 is 0. The third kappa shape index (κ3) is 2.84. The molecule has 0 heterocycles. The van der Waals surface area contributed by atoms with E-state index in [4.69, 9.17) is 5.14 Å². The van der Waals surface area contributed by atoms with Gasteiger partial charge in [-0.25, -0.2) is 13.6 Å². The van der Waals surface area contributed by atoms with Gasteiger partial charge in [0, 0.05) is 6.07 Å². The highest BCUT2D eigenvalue weighted by Crippen LogP contribution is 2.34. The molecule has 0 saturated heterocycles. The van der Waals surface area contributed by atoms with Crippen molar-refractivity contribution in [3.05, 3.63) is 75.8 Å². The molecule has 7 heteroatoms. The SMILES string of the molecule is NS(=O)(=O)C(c1ccccc1)c1ccccc1[N+](=O)[O-]. The molecule has 1 atom stereocenters. The Morgan fingerprint density at radius 3 is 2.10 bits per heavy atom. The summed E-state index contributed by atoms with van der Waals surface area (Å²) in [6, 6.07) is 13.9. The second kappa shape index (κ2) is 5.40. The molecule has 2 N–H and O–H groups in total. The van der Waals surface area contributed by atoms with Gasteiger partial charge in [-0.2, -0.15) is 0 Å². The molecular formula is C13H12N2O4S. The van der Waals surface area contributed by atoms with Crippen LogP contribution in [0.3, 0.4) is 0 Å². The summed E-state index contributed by atoms with van der Waals surface area (Å²) in [6.45, 7) is 0. The highest BCUT2D eigenvalue weighted by Gasteiger charge is 2.31. The van der Waals surface area contributed by atoms with E-state index in [1.165, 1.54) is 18.2 Å². The number of para-hydroxylation sites is 1. The summed E-state index contributed by atoms with van der Waals surface area (Å²) in [5.41, 5.74) is 0.186. The number of hydrogen-bond acceptors (Lipinski definition) is 4. The van der Waals surface area contributed by atoms with Crippen molar-refractivity contribution >= 4 is 15.7 Å². The second-order valence-corrected chi connectivity index (χ2v) is 5.85. The minimum absolute atomic E-state index is 0.0613. The van der Waals surface area contributed by atoms with Crippen LogP contribution in [-0.4, -0.2) is 13.3 Å². The number of nitro groups is 1. The van der Waals surface area contributed by atoms with E-state index in [2.05, 4.69) is 0 Å². The van der Waals surface area contributed by atoms with Crippen molar-refractivity contribution in [2.75, 3.05) is 0 Å². The quantitative estimate of drug-likeness (QED) is 0.687. The average molecular weight is 292 g/mol. The lowest BCUT2D eigenvalue weighted by Gasteiger charge is -2.15. The maximum Gasteiger partial charge on any atom is 0.274 e. The molecule has 0 bridgehead atoms. The molecule has 0 aliphatic heterocycles.